The zero-order chi connectivity index (χ0) is 22.0. The highest BCUT2D eigenvalue weighted by Crippen LogP contribution is 2.24. The predicted octanol–water partition coefficient (Wildman–Crippen LogP) is 2.81. The molecule has 160 valence electrons. The number of carbonyl (C=O) groups excluding carboxylic acids is 3. The number of aliphatic hydroxyl groups is 1. The van der Waals surface area contributed by atoms with Gasteiger partial charge in [-0.1, -0.05) is 12.1 Å². The molecule has 0 unspecified atom stereocenters. The largest absolute Gasteiger partial charge is 0.393 e. The van der Waals surface area contributed by atoms with E-state index in [0.29, 0.717) is 48.2 Å². The lowest BCUT2D eigenvalue weighted by atomic mass is 9.93. The Balaban J connectivity index is 1.80. The van der Waals surface area contributed by atoms with Crippen LogP contribution in [0.2, 0.25) is 0 Å². The molecule has 1 aromatic heterocycles. The van der Waals surface area contributed by atoms with Gasteiger partial charge in [0, 0.05) is 24.5 Å². The van der Waals surface area contributed by atoms with E-state index in [0.717, 1.165) is 5.56 Å². The number of benzene rings is 1. The molecule has 7 nitrogen and oxygen atoms in total. The summed E-state index contributed by atoms with van der Waals surface area (Å²) in [7, 11) is 1.68. The first-order valence-electron chi connectivity index (χ1n) is 10.3. The molecule has 0 saturated heterocycles. The number of nitrogens with zero attached hydrogens (tertiary/aromatic N) is 1. The maximum atomic E-state index is 12.9. The second-order valence-corrected chi connectivity index (χ2v) is 8.12. The third-order valence-corrected chi connectivity index (χ3v) is 5.89. The molecule has 2 aromatic rings. The van der Waals surface area contributed by atoms with Gasteiger partial charge in [-0.05, 0) is 69.7 Å². The van der Waals surface area contributed by atoms with Crippen molar-refractivity contribution in [1.29, 1.82) is 0 Å². The summed E-state index contributed by atoms with van der Waals surface area (Å²) in [6.45, 7) is 5.39. The minimum Gasteiger partial charge on any atom is -0.393 e. The summed E-state index contributed by atoms with van der Waals surface area (Å²) < 4.78 is 1.60. The Morgan fingerprint density at radius 2 is 1.73 bits per heavy atom. The molecule has 0 atom stereocenters. The quantitative estimate of drug-likeness (QED) is 0.520. The topological polar surface area (TPSA) is 100 Å². The lowest BCUT2D eigenvalue weighted by Gasteiger charge is -2.25. The molecule has 30 heavy (non-hydrogen) atoms. The Kier molecular flexibility index (Phi) is 6.41. The molecule has 3 N–H and O–H groups in total. The van der Waals surface area contributed by atoms with E-state index in [1.807, 2.05) is 25.1 Å². The van der Waals surface area contributed by atoms with Crippen molar-refractivity contribution < 1.29 is 19.5 Å². The number of rotatable bonds is 5. The van der Waals surface area contributed by atoms with Crippen molar-refractivity contribution in [3.05, 3.63) is 52.3 Å². The van der Waals surface area contributed by atoms with E-state index in [1.54, 1.807) is 31.5 Å². The van der Waals surface area contributed by atoms with Gasteiger partial charge in [-0.15, -0.1) is 0 Å². The summed E-state index contributed by atoms with van der Waals surface area (Å²) >= 11 is 0. The van der Waals surface area contributed by atoms with Gasteiger partial charge in [-0.3, -0.25) is 14.4 Å². The van der Waals surface area contributed by atoms with Crippen molar-refractivity contribution in [1.82, 2.24) is 9.88 Å². The van der Waals surface area contributed by atoms with Gasteiger partial charge in [0.05, 0.1) is 17.4 Å². The van der Waals surface area contributed by atoms with Crippen LogP contribution in [0.4, 0.5) is 5.69 Å². The Morgan fingerprint density at radius 3 is 2.37 bits per heavy atom. The SMILES string of the molecule is Cc1cccc(NC(=O)c2c(C)c(C(=O)C(=O)NC3CCC(O)CC3)n(C)c2C)c1. The van der Waals surface area contributed by atoms with Gasteiger partial charge < -0.3 is 20.3 Å². The summed E-state index contributed by atoms with van der Waals surface area (Å²) in [5.41, 5.74) is 3.42. The van der Waals surface area contributed by atoms with Gasteiger partial charge in [-0.25, -0.2) is 0 Å². The maximum Gasteiger partial charge on any atom is 0.294 e. The highest BCUT2D eigenvalue weighted by Gasteiger charge is 2.30. The molecule has 3 rings (SSSR count). The minimum atomic E-state index is -0.675. The van der Waals surface area contributed by atoms with Crippen molar-refractivity contribution in [3.8, 4) is 0 Å². The Morgan fingerprint density at radius 1 is 1.07 bits per heavy atom. The molecule has 1 aromatic carbocycles. The summed E-state index contributed by atoms with van der Waals surface area (Å²) in [6.07, 6.45) is 2.20. The fourth-order valence-corrected chi connectivity index (χ4v) is 4.13. The highest BCUT2D eigenvalue weighted by atomic mass is 16.3. The zero-order valence-electron chi connectivity index (χ0n) is 17.9. The number of carbonyl (C=O) groups is 3. The maximum absolute atomic E-state index is 12.9. The monoisotopic (exact) mass is 411 g/mol. The number of nitrogens with one attached hydrogen (secondary N) is 2. The van der Waals surface area contributed by atoms with E-state index in [4.69, 9.17) is 0 Å². The fraction of sp³-hybridized carbons (Fsp3) is 0.435. The third kappa shape index (κ3) is 4.46. The predicted molar refractivity (Wildman–Crippen MR) is 115 cm³/mol. The molecule has 7 heteroatoms. The molecule has 2 amide bonds. The van der Waals surface area contributed by atoms with E-state index in [-0.39, 0.29) is 23.7 Å². The number of anilines is 1. The number of aliphatic hydroxyl groups excluding tert-OH is 1. The van der Waals surface area contributed by atoms with Gasteiger partial charge >= 0.3 is 0 Å². The number of amides is 2. The van der Waals surface area contributed by atoms with Crippen molar-refractivity contribution in [2.75, 3.05) is 5.32 Å². The zero-order valence-corrected chi connectivity index (χ0v) is 17.9. The highest BCUT2D eigenvalue weighted by molar-refractivity contribution is 6.43. The summed E-state index contributed by atoms with van der Waals surface area (Å²) in [5, 5.41) is 15.3. The molecular formula is C23H29N3O4. The lowest BCUT2D eigenvalue weighted by molar-refractivity contribution is -0.118. The normalized spacial score (nSPS) is 18.7. The summed E-state index contributed by atoms with van der Waals surface area (Å²) in [6, 6.07) is 7.36. The first-order chi connectivity index (χ1) is 14.2. The van der Waals surface area contributed by atoms with Crippen molar-refractivity contribution in [3.63, 3.8) is 0 Å². The first kappa shape index (κ1) is 21.8. The Hall–Kier alpha value is -2.93. The molecule has 0 spiro atoms. The average molecular weight is 412 g/mol. The number of ketones is 1. The van der Waals surface area contributed by atoms with Crippen LogP contribution in [-0.2, 0) is 11.8 Å². The summed E-state index contributed by atoms with van der Waals surface area (Å²) in [4.78, 5) is 38.4. The number of Topliss-reactive ketones (excluding diaryl/α,β-unsaturated/α-hetero) is 1. The second kappa shape index (κ2) is 8.83. The van der Waals surface area contributed by atoms with E-state index in [9.17, 15) is 19.5 Å². The average Bonchev–Trinajstić information content (AvgIpc) is 2.91. The van der Waals surface area contributed by atoms with Crippen LogP contribution in [0.5, 0.6) is 0 Å². The van der Waals surface area contributed by atoms with Crippen molar-refractivity contribution in [2.45, 2.75) is 58.6 Å². The molecule has 0 bridgehead atoms. The van der Waals surface area contributed by atoms with Crippen LogP contribution in [0.25, 0.3) is 0 Å². The van der Waals surface area contributed by atoms with Gasteiger partial charge in [0.2, 0.25) is 0 Å². The van der Waals surface area contributed by atoms with Crippen LogP contribution in [0.1, 0.15) is 63.4 Å². The summed E-state index contributed by atoms with van der Waals surface area (Å²) in [5.74, 6) is -1.64. The van der Waals surface area contributed by atoms with Gasteiger partial charge in [0.1, 0.15) is 0 Å². The molecule has 1 aliphatic rings. The molecule has 1 saturated carbocycles. The molecule has 1 heterocycles. The van der Waals surface area contributed by atoms with Crippen LogP contribution < -0.4 is 10.6 Å². The molecular weight excluding hydrogens is 382 g/mol. The smallest absolute Gasteiger partial charge is 0.294 e. The fourth-order valence-electron chi connectivity index (χ4n) is 4.13. The number of hydrogen-bond acceptors (Lipinski definition) is 4. The second-order valence-electron chi connectivity index (χ2n) is 8.12. The van der Waals surface area contributed by atoms with E-state index in [2.05, 4.69) is 10.6 Å². The van der Waals surface area contributed by atoms with Crippen LogP contribution >= 0.6 is 0 Å². The van der Waals surface area contributed by atoms with Crippen LogP contribution in [0.3, 0.4) is 0 Å². The Labute approximate surface area is 176 Å². The van der Waals surface area contributed by atoms with E-state index in [1.165, 1.54) is 0 Å². The van der Waals surface area contributed by atoms with E-state index < -0.39 is 11.7 Å². The molecule has 1 fully saturated rings. The third-order valence-electron chi connectivity index (χ3n) is 5.89. The van der Waals surface area contributed by atoms with Crippen molar-refractivity contribution >= 4 is 23.3 Å². The van der Waals surface area contributed by atoms with Crippen molar-refractivity contribution in [2.24, 2.45) is 7.05 Å². The minimum absolute atomic E-state index is 0.115. The lowest BCUT2D eigenvalue weighted by Crippen LogP contribution is -2.42. The first-order valence-corrected chi connectivity index (χ1v) is 10.3. The van der Waals surface area contributed by atoms with Gasteiger partial charge in [-0.2, -0.15) is 0 Å². The van der Waals surface area contributed by atoms with Gasteiger partial charge in [0.25, 0.3) is 17.6 Å². The molecule has 1 aliphatic carbocycles. The van der Waals surface area contributed by atoms with Crippen LogP contribution in [-0.4, -0.2) is 39.4 Å². The molecule has 0 radical (unpaired) electrons. The Bertz CT molecular complexity index is 985. The number of aryl methyl sites for hydroxylation is 1. The van der Waals surface area contributed by atoms with Crippen LogP contribution in [0.15, 0.2) is 24.3 Å². The standard InChI is InChI=1S/C23H29N3O4/c1-13-6-5-7-17(12-13)25-22(29)19-14(2)20(26(4)15(19)3)21(28)23(30)24-16-8-10-18(27)11-9-16/h5-7,12,16,18,27H,8-11H2,1-4H3,(H,24,30)(H,25,29). The van der Waals surface area contributed by atoms with Gasteiger partial charge in [0.15, 0.2) is 0 Å². The molecule has 0 aliphatic heterocycles. The van der Waals surface area contributed by atoms with Crippen LogP contribution in [0, 0.1) is 20.8 Å². The van der Waals surface area contributed by atoms with E-state index >= 15 is 0 Å². The number of hydrogen-bond donors (Lipinski definition) is 3. The number of aromatic nitrogens is 1.